The summed E-state index contributed by atoms with van der Waals surface area (Å²) in [5, 5.41) is 3.78. The van der Waals surface area contributed by atoms with E-state index in [0.717, 1.165) is 56.0 Å². The van der Waals surface area contributed by atoms with Gasteiger partial charge in [-0.3, -0.25) is 0 Å². The first kappa shape index (κ1) is 17.8. The first-order valence-corrected chi connectivity index (χ1v) is 9.13. The quantitative estimate of drug-likeness (QED) is 0.708. The second-order valence-electron chi connectivity index (χ2n) is 6.50. The molecule has 25 heavy (non-hydrogen) atoms. The number of benzene rings is 1. The monoisotopic (exact) mass is 360 g/mol. The zero-order chi connectivity index (χ0) is 17.8. The number of hydrogen-bond donors (Lipinski definition) is 3. The molecule has 2 aromatic rings. The van der Waals surface area contributed by atoms with E-state index in [1.807, 2.05) is 6.07 Å². The summed E-state index contributed by atoms with van der Waals surface area (Å²) in [5.74, 6) is 1.50. The molecule has 1 aliphatic heterocycles. The Bertz CT molecular complexity index is 736. The number of aryl methyl sites for hydroxylation is 1. The van der Waals surface area contributed by atoms with Gasteiger partial charge < -0.3 is 21.7 Å². The summed E-state index contributed by atoms with van der Waals surface area (Å²) >= 11 is 5.99. The fourth-order valence-corrected chi connectivity index (χ4v) is 3.17. The van der Waals surface area contributed by atoms with Gasteiger partial charge in [-0.2, -0.15) is 4.98 Å². The summed E-state index contributed by atoms with van der Waals surface area (Å²) in [5.41, 5.74) is 14.4. The standard InChI is InChI=1S/C18H25ClN6/c1-2-4-13-10-17(25-8-3-5-12(20)11-25)24-18(22-13)23-14-6-7-15(19)16(21)9-14/h6-7,9-10,12H,2-5,8,11,20-21H2,1H3,(H,22,23,24)/t12-/m1/s1. The molecule has 0 radical (unpaired) electrons. The lowest BCUT2D eigenvalue weighted by atomic mass is 10.1. The lowest BCUT2D eigenvalue weighted by Gasteiger charge is -2.32. The zero-order valence-corrected chi connectivity index (χ0v) is 15.3. The maximum Gasteiger partial charge on any atom is 0.229 e. The SMILES string of the molecule is CCCc1cc(N2CCC[C@@H](N)C2)nc(Nc2ccc(Cl)c(N)c2)n1. The van der Waals surface area contributed by atoms with E-state index in [1.165, 1.54) is 0 Å². The van der Waals surface area contributed by atoms with Gasteiger partial charge in [-0.05, 0) is 37.5 Å². The van der Waals surface area contributed by atoms with Crippen LogP contribution in [0, 0.1) is 0 Å². The molecule has 0 spiro atoms. The number of piperidine rings is 1. The first-order chi connectivity index (χ1) is 12.0. The first-order valence-electron chi connectivity index (χ1n) is 8.75. The number of nitrogens with two attached hydrogens (primary N) is 2. The normalized spacial score (nSPS) is 17.6. The molecule has 3 rings (SSSR count). The van der Waals surface area contributed by atoms with Crippen molar-refractivity contribution in [2.24, 2.45) is 5.73 Å². The minimum absolute atomic E-state index is 0.200. The van der Waals surface area contributed by atoms with Crippen LogP contribution in [0.1, 0.15) is 31.9 Å². The van der Waals surface area contributed by atoms with Crippen LogP contribution >= 0.6 is 11.6 Å². The van der Waals surface area contributed by atoms with Gasteiger partial charge in [0, 0.05) is 36.6 Å². The Hall–Kier alpha value is -2.05. The molecule has 5 N–H and O–H groups in total. The minimum atomic E-state index is 0.200. The molecule has 0 amide bonds. The van der Waals surface area contributed by atoms with Crippen molar-refractivity contribution in [1.82, 2.24) is 9.97 Å². The Morgan fingerprint density at radius 1 is 1.32 bits per heavy atom. The lowest BCUT2D eigenvalue weighted by molar-refractivity contribution is 0.503. The van der Waals surface area contributed by atoms with Gasteiger partial charge in [-0.15, -0.1) is 0 Å². The number of nitrogens with one attached hydrogen (secondary N) is 1. The van der Waals surface area contributed by atoms with Crippen LogP contribution in [0.15, 0.2) is 24.3 Å². The highest BCUT2D eigenvalue weighted by atomic mass is 35.5. The predicted molar refractivity (Wildman–Crippen MR) is 105 cm³/mol. The van der Waals surface area contributed by atoms with Crippen LogP contribution in [0.25, 0.3) is 0 Å². The molecule has 0 unspecified atom stereocenters. The van der Waals surface area contributed by atoms with Crippen LogP contribution in [-0.2, 0) is 6.42 Å². The number of nitrogen functional groups attached to an aromatic ring is 1. The van der Waals surface area contributed by atoms with E-state index in [-0.39, 0.29) is 6.04 Å². The molecule has 1 aliphatic rings. The van der Waals surface area contributed by atoms with Gasteiger partial charge in [0.1, 0.15) is 5.82 Å². The molecular formula is C18H25ClN6. The Morgan fingerprint density at radius 2 is 2.16 bits per heavy atom. The molecule has 1 fully saturated rings. The van der Waals surface area contributed by atoms with E-state index < -0.39 is 0 Å². The van der Waals surface area contributed by atoms with Crippen molar-refractivity contribution in [2.45, 2.75) is 38.6 Å². The highest BCUT2D eigenvalue weighted by Crippen LogP contribution is 2.26. The van der Waals surface area contributed by atoms with Crippen LogP contribution in [0.3, 0.4) is 0 Å². The number of anilines is 4. The Balaban J connectivity index is 1.88. The van der Waals surface area contributed by atoms with Gasteiger partial charge in [0.25, 0.3) is 0 Å². The van der Waals surface area contributed by atoms with Gasteiger partial charge in [0.05, 0.1) is 10.7 Å². The highest BCUT2D eigenvalue weighted by molar-refractivity contribution is 6.33. The van der Waals surface area contributed by atoms with E-state index in [0.29, 0.717) is 16.7 Å². The molecule has 134 valence electrons. The van der Waals surface area contributed by atoms with Crippen LogP contribution < -0.4 is 21.7 Å². The molecule has 2 heterocycles. The predicted octanol–water partition coefficient (Wildman–Crippen LogP) is 3.34. The Morgan fingerprint density at radius 3 is 2.88 bits per heavy atom. The van der Waals surface area contributed by atoms with Crippen molar-refractivity contribution in [2.75, 3.05) is 29.0 Å². The topological polar surface area (TPSA) is 93.1 Å². The second-order valence-corrected chi connectivity index (χ2v) is 6.91. The molecule has 0 bridgehead atoms. The Labute approximate surface area is 153 Å². The van der Waals surface area contributed by atoms with Crippen LogP contribution in [0.5, 0.6) is 0 Å². The van der Waals surface area contributed by atoms with Crippen molar-refractivity contribution in [3.63, 3.8) is 0 Å². The molecule has 1 atom stereocenters. The molecular weight excluding hydrogens is 336 g/mol. The molecule has 1 saturated heterocycles. The molecule has 0 aliphatic carbocycles. The van der Waals surface area contributed by atoms with Crippen molar-refractivity contribution >= 4 is 34.7 Å². The molecule has 1 aromatic heterocycles. The molecule has 6 nitrogen and oxygen atoms in total. The largest absolute Gasteiger partial charge is 0.397 e. The van der Waals surface area contributed by atoms with Crippen molar-refractivity contribution in [3.05, 3.63) is 35.0 Å². The number of hydrogen-bond acceptors (Lipinski definition) is 6. The smallest absolute Gasteiger partial charge is 0.229 e. The molecule has 1 aromatic carbocycles. The average molecular weight is 361 g/mol. The third-order valence-electron chi connectivity index (χ3n) is 4.31. The summed E-state index contributed by atoms with van der Waals surface area (Å²) in [6.07, 6.45) is 4.10. The minimum Gasteiger partial charge on any atom is -0.397 e. The van der Waals surface area contributed by atoms with Crippen molar-refractivity contribution in [1.29, 1.82) is 0 Å². The van der Waals surface area contributed by atoms with Crippen LogP contribution in [0.4, 0.5) is 23.1 Å². The maximum absolute atomic E-state index is 6.12. The van der Waals surface area contributed by atoms with Crippen LogP contribution in [-0.4, -0.2) is 29.1 Å². The van der Waals surface area contributed by atoms with E-state index in [4.69, 9.17) is 28.1 Å². The zero-order valence-electron chi connectivity index (χ0n) is 14.5. The number of halogens is 1. The number of rotatable bonds is 5. The van der Waals surface area contributed by atoms with Gasteiger partial charge in [0.15, 0.2) is 0 Å². The lowest BCUT2D eigenvalue weighted by Crippen LogP contribution is -2.43. The fourth-order valence-electron chi connectivity index (χ4n) is 3.05. The van der Waals surface area contributed by atoms with Crippen molar-refractivity contribution < 1.29 is 0 Å². The average Bonchev–Trinajstić information content (AvgIpc) is 2.58. The van der Waals surface area contributed by atoms with Gasteiger partial charge in [-0.1, -0.05) is 24.9 Å². The van der Waals surface area contributed by atoms with E-state index in [1.54, 1.807) is 12.1 Å². The highest BCUT2D eigenvalue weighted by Gasteiger charge is 2.19. The number of nitrogens with zero attached hydrogens (tertiary/aromatic N) is 3. The fraction of sp³-hybridized carbons (Fsp3) is 0.444. The summed E-state index contributed by atoms with van der Waals surface area (Å²) in [6, 6.07) is 7.69. The van der Waals surface area contributed by atoms with E-state index >= 15 is 0 Å². The van der Waals surface area contributed by atoms with Gasteiger partial charge >= 0.3 is 0 Å². The second kappa shape index (κ2) is 7.89. The maximum atomic E-state index is 6.12. The van der Waals surface area contributed by atoms with Gasteiger partial charge in [0.2, 0.25) is 5.95 Å². The molecule has 0 saturated carbocycles. The summed E-state index contributed by atoms with van der Waals surface area (Å²) in [7, 11) is 0. The summed E-state index contributed by atoms with van der Waals surface area (Å²) in [4.78, 5) is 11.6. The Kier molecular flexibility index (Phi) is 5.60. The molecule has 7 heteroatoms. The number of aromatic nitrogens is 2. The summed E-state index contributed by atoms with van der Waals surface area (Å²) in [6.45, 7) is 3.95. The third kappa shape index (κ3) is 4.52. The summed E-state index contributed by atoms with van der Waals surface area (Å²) < 4.78 is 0. The van der Waals surface area contributed by atoms with Crippen LogP contribution in [0.2, 0.25) is 5.02 Å². The van der Waals surface area contributed by atoms with E-state index in [2.05, 4.69) is 28.2 Å². The third-order valence-corrected chi connectivity index (χ3v) is 4.65. The van der Waals surface area contributed by atoms with E-state index in [9.17, 15) is 0 Å². The van der Waals surface area contributed by atoms with Gasteiger partial charge in [-0.25, -0.2) is 4.98 Å². The van der Waals surface area contributed by atoms with Crippen molar-refractivity contribution in [3.8, 4) is 0 Å².